The molecule has 3 N–H and O–H groups in total. The van der Waals surface area contributed by atoms with Crippen molar-refractivity contribution in [1.29, 1.82) is 0 Å². The standard InChI is InChI=1S/C12H24N2O2/c1-9(7-13)4-3-5-14-12(15)11-6-10(2)16-8-11/h9-11H,3-8,13H2,1-2H3,(H,14,15). The molecule has 1 saturated heterocycles. The summed E-state index contributed by atoms with van der Waals surface area (Å²) < 4.78 is 5.37. The van der Waals surface area contributed by atoms with Crippen molar-refractivity contribution in [2.75, 3.05) is 19.7 Å². The van der Waals surface area contributed by atoms with Crippen molar-refractivity contribution in [2.24, 2.45) is 17.6 Å². The Labute approximate surface area is 97.9 Å². The van der Waals surface area contributed by atoms with Gasteiger partial charge in [0.1, 0.15) is 0 Å². The second-order valence-electron chi connectivity index (χ2n) is 4.85. The Morgan fingerprint density at radius 1 is 1.62 bits per heavy atom. The second kappa shape index (κ2) is 6.86. The van der Waals surface area contributed by atoms with E-state index in [1.165, 1.54) is 0 Å². The van der Waals surface area contributed by atoms with E-state index in [-0.39, 0.29) is 17.9 Å². The molecule has 0 aliphatic carbocycles. The first-order valence-corrected chi connectivity index (χ1v) is 6.22. The van der Waals surface area contributed by atoms with Crippen LogP contribution in [-0.4, -0.2) is 31.7 Å². The maximum absolute atomic E-state index is 11.7. The lowest BCUT2D eigenvalue weighted by Gasteiger charge is -2.11. The van der Waals surface area contributed by atoms with Gasteiger partial charge in [0.05, 0.1) is 18.6 Å². The highest BCUT2D eigenvalue weighted by molar-refractivity contribution is 5.79. The number of carbonyl (C=O) groups excluding carboxylic acids is 1. The van der Waals surface area contributed by atoms with Crippen LogP contribution in [0.1, 0.15) is 33.1 Å². The van der Waals surface area contributed by atoms with Crippen molar-refractivity contribution in [3.63, 3.8) is 0 Å². The number of amides is 1. The van der Waals surface area contributed by atoms with Gasteiger partial charge in [0.2, 0.25) is 5.91 Å². The van der Waals surface area contributed by atoms with Gasteiger partial charge in [-0.25, -0.2) is 0 Å². The quantitative estimate of drug-likeness (QED) is 0.664. The number of nitrogens with one attached hydrogen (secondary N) is 1. The predicted octanol–water partition coefficient (Wildman–Crippen LogP) is 0.903. The lowest BCUT2D eigenvalue weighted by molar-refractivity contribution is -0.124. The van der Waals surface area contributed by atoms with Crippen molar-refractivity contribution in [3.05, 3.63) is 0 Å². The molecule has 1 aliphatic rings. The van der Waals surface area contributed by atoms with Crippen molar-refractivity contribution in [1.82, 2.24) is 5.32 Å². The van der Waals surface area contributed by atoms with Crippen LogP contribution in [-0.2, 0) is 9.53 Å². The molecule has 1 rings (SSSR count). The molecular formula is C12H24N2O2. The summed E-state index contributed by atoms with van der Waals surface area (Å²) in [6.07, 6.45) is 3.17. The molecule has 0 aromatic heterocycles. The first-order chi connectivity index (χ1) is 7.63. The number of ether oxygens (including phenoxy) is 1. The minimum absolute atomic E-state index is 0.0573. The Kier molecular flexibility index (Phi) is 5.77. The first-order valence-electron chi connectivity index (χ1n) is 6.22. The third-order valence-electron chi connectivity index (χ3n) is 3.14. The Balaban J connectivity index is 2.06. The second-order valence-corrected chi connectivity index (χ2v) is 4.85. The molecule has 0 aromatic carbocycles. The first kappa shape index (κ1) is 13.5. The molecule has 1 aliphatic heterocycles. The van der Waals surface area contributed by atoms with Gasteiger partial charge in [-0.05, 0) is 38.6 Å². The number of hydrogen-bond acceptors (Lipinski definition) is 3. The fourth-order valence-electron chi connectivity index (χ4n) is 1.92. The summed E-state index contributed by atoms with van der Waals surface area (Å²) in [6, 6.07) is 0. The van der Waals surface area contributed by atoms with Crippen LogP contribution in [0.3, 0.4) is 0 Å². The van der Waals surface area contributed by atoms with Crippen LogP contribution in [0.15, 0.2) is 0 Å². The van der Waals surface area contributed by atoms with E-state index < -0.39 is 0 Å². The Bertz CT molecular complexity index is 221. The van der Waals surface area contributed by atoms with E-state index in [1.807, 2.05) is 6.92 Å². The van der Waals surface area contributed by atoms with E-state index in [4.69, 9.17) is 10.5 Å². The summed E-state index contributed by atoms with van der Waals surface area (Å²) >= 11 is 0. The minimum atomic E-state index is 0.0573. The number of carbonyl (C=O) groups is 1. The molecule has 1 fully saturated rings. The van der Waals surface area contributed by atoms with Crippen LogP contribution < -0.4 is 11.1 Å². The van der Waals surface area contributed by atoms with Crippen LogP contribution in [0, 0.1) is 11.8 Å². The van der Waals surface area contributed by atoms with Gasteiger partial charge in [-0.15, -0.1) is 0 Å². The van der Waals surface area contributed by atoms with E-state index in [9.17, 15) is 4.79 Å². The molecule has 4 heteroatoms. The molecule has 94 valence electrons. The van der Waals surface area contributed by atoms with Crippen LogP contribution in [0.4, 0.5) is 0 Å². The van der Waals surface area contributed by atoms with E-state index in [0.717, 1.165) is 32.4 Å². The number of nitrogens with two attached hydrogens (primary N) is 1. The average Bonchev–Trinajstić information content (AvgIpc) is 2.70. The zero-order chi connectivity index (χ0) is 12.0. The lowest BCUT2D eigenvalue weighted by Crippen LogP contribution is -2.32. The molecule has 4 nitrogen and oxygen atoms in total. The fourth-order valence-corrected chi connectivity index (χ4v) is 1.92. The third-order valence-corrected chi connectivity index (χ3v) is 3.14. The maximum Gasteiger partial charge on any atom is 0.225 e. The van der Waals surface area contributed by atoms with E-state index >= 15 is 0 Å². The zero-order valence-corrected chi connectivity index (χ0v) is 10.4. The van der Waals surface area contributed by atoms with Crippen molar-refractivity contribution < 1.29 is 9.53 Å². The fraction of sp³-hybridized carbons (Fsp3) is 0.917. The van der Waals surface area contributed by atoms with Gasteiger partial charge in [-0.1, -0.05) is 6.92 Å². The molecule has 0 spiro atoms. The van der Waals surface area contributed by atoms with Crippen molar-refractivity contribution >= 4 is 5.91 Å². The van der Waals surface area contributed by atoms with Crippen molar-refractivity contribution in [2.45, 2.75) is 39.2 Å². The molecule has 0 saturated carbocycles. The summed E-state index contributed by atoms with van der Waals surface area (Å²) in [5.41, 5.74) is 5.53. The van der Waals surface area contributed by atoms with Gasteiger partial charge in [-0.3, -0.25) is 4.79 Å². The topological polar surface area (TPSA) is 64.3 Å². The lowest BCUT2D eigenvalue weighted by atomic mass is 10.0. The third kappa shape index (κ3) is 4.49. The molecular weight excluding hydrogens is 204 g/mol. The van der Waals surface area contributed by atoms with Gasteiger partial charge in [-0.2, -0.15) is 0 Å². The molecule has 1 heterocycles. The van der Waals surface area contributed by atoms with Gasteiger partial charge in [0.15, 0.2) is 0 Å². The summed E-state index contributed by atoms with van der Waals surface area (Å²) in [4.78, 5) is 11.7. The van der Waals surface area contributed by atoms with E-state index in [1.54, 1.807) is 0 Å². The molecule has 1 amide bonds. The summed E-state index contributed by atoms with van der Waals surface area (Å²) in [5.74, 6) is 0.749. The minimum Gasteiger partial charge on any atom is -0.378 e. The maximum atomic E-state index is 11.7. The zero-order valence-electron chi connectivity index (χ0n) is 10.4. The van der Waals surface area contributed by atoms with Crippen molar-refractivity contribution in [3.8, 4) is 0 Å². The highest BCUT2D eigenvalue weighted by Gasteiger charge is 2.27. The van der Waals surface area contributed by atoms with Gasteiger partial charge in [0.25, 0.3) is 0 Å². The largest absolute Gasteiger partial charge is 0.378 e. The van der Waals surface area contributed by atoms with Crippen LogP contribution in [0.5, 0.6) is 0 Å². The Hall–Kier alpha value is -0.610. The smallest absolute Gasteiger partial charge is 0.225 e. The van der Waals surface area contributed by atoms with Gasteiger partial charge in [0, 0.05) is 6.54 Å². The molecule has 0 aromatic rings. The molecule has 3 unspecified atom stereocenters. The summed E-state index contributed by atoms with van der Waals surface area (Å²) in [7, 11) is 0. The highest BCUT2D eigenvalue weighted by atomic mass is 16.5. The van der Waals surface area contributed by atoms with Crippen LogP contribution >= 0.6 is 0 Å². The Morgan fingerprint density at radius 2 is 2.38 bits per heavy atom. The Morgan fingerprint density at radius 3 is 2.94 bits per heavy atom. The van der Waals surface area contributed by atoms with Gasteiger partial charge < -0.3 is 15.8 Å². The summed E-state index contributed by atoms with van der Waals surface area (Å²) in [6.45, 7) is 6.20. The summed E-state index contributed by atoms with van der Waals surface area (Å²) in [5, 5.41) is 2.96. The van der Waals surface area contributed by atoms with E-state index in [0.29, 0.717) is 12.5 Å². The monoisotopic (exact) mass is 228 g/mol. The highest BCUT2D eigenvalue weighted by Crippen LogP contribution is 2.18. The van der Waals surface area contributed by atoms with Crippen LogP contribution in [0.25, 0.3) is 0 Å². The van der Waals surface area contributed by atoms with Crippen LogP contribution in [0.2, 0.25) is 0 Å². The molecule has 16 heavy (non-hydrogen) atoms. The number of rotatable bonds is 6. The number of hydrogen-bond donors (Lipinski definition) is 2. The normalized spacial score (nSPS) is 26.7. The molecule has 0 radical (unpaired) electrons. The SMILES string of the molecule is CC(CN)CCCNC(=O)C1COC(C)C1. The molecule has 0 bridgehead atoms. The predicted molar refractivity (Wildman–Crippen MR) is 64.0 cm³/mol. The molecule has 3 atom stereocenters. The van der Waals surface area contributed by atoms with E-state index in [2.05, 4.69) is 12.2 Å². The van der Waals surface area contributed by atoms with Gasteiger partial charge >= 0.3 is 0 Å². The average molecular weight is 228 g/mol.